The van der Waals surface area contributed by atoms with E-state index in [1.54, 1.807) is 12.1 Å². The van der Waals surface area contributed by atoms with Crippen LogP contribution in [0.4, 0.5) is 8.78 Å². The summed E-state index contributed by atoms with van der Waals surface area (Å²) in [5.41, 5.74) is 2.07. The average molecular weight is 399 g/mol. The third kappa shape index (κ3) is 4.80. The van der Waals surface area contributed by atoms with Gasteiger partial charge in [-0.15, -0.1) is 0 Å². The summed E-state index contributed by atoms with van der Waals surface area (Å²) in [7, 11) is 1.34. The van der Waals surface area contributed by atoms with Gasteiger partial charge in [-0.25, -0.2) is 13.5 Å². The first kappa shape index (κ1) is 20.5. The van der Waals surface area contributed by atoms with Gasteiger partial charge in [0.2, 0.25) is 0 Å². The molecular formula is C22H23F2N3O2. The lowest BCUT2D eigenvalue weighted by Crippen LogP contribution is -2.42. The lowest BCUT2D eigenvalue weighted by Gasteiger charge is -2.27. The standard InChI is InChI=1S/C22H23F2N3O2/c1-15-8-11-17(12-9-15)27-20(28)14-18(25-27)22(29)26(2)19(21(23)24)13-10-16-6-4-3-5-7-16/h3-9,11-12,14,19,21,25H,10,13H2,1-2H3. The topological polar surface area (TPSA) is 58.1 Å². The smallest absolute Gasteiger partial charge is 0.272 e. The zero-order valence-electron chi connectivity index (χ0n) is 16.3. The van der Waals surface area contributed by atoms with Crippen molar-refractivity contribution in [2.24, 2.45) is 0 Å². The van der Waals surface area contributed by atoms with Crippen LogP contribution in [0.15, 0.2) is 65.5 Å². The minimum absolute atomic E-state index is 0.0246. The predicted octanol–water partition coefficient (Wildman–Crippen LogP) is 3.81. The molecule has 0 aliphatic heterocycles. The number of nitrogens with one attached hydrogen (secondary N) is 1. The second-order valence-corrected chi connectivity index (χ2v) is 7.02. The number of alkyl halides is 2. The molecule has 0 bridgehead atoms. The van der Waals surface area contributed by atoms with Gasteiger partial charge >= 0.3 is 0 Å². The van der Waals surface area contributed by atoms with Gasteiger partial charge in [0, 0.05) is 13.1 Å². The molecule has 3 aromatic rings. The number of halogens is 2. The maximum atomic E-state index is 13.6. The van der Waals surface area contributed by atoms with E-state index < -0.39 is 23.9 Å². The maximum absolute atomic E-state index is 13.6. The largest absolute Gasteiger partial charge is 0.332 e. The van der Waals surface area contributed by atoms with E-state index in [0.717, 1.165) is 22.1 Å². The lowest BCUT2D eigenvalue weighted by molar-refractivity contribution is 0.0269. The number of H-pyrrole nitrogens is 1. The Balaban J connectivity index is 1.77. The van der Waals surface area contributed by atoms with Gasteiger partial charge in [0.05, 0.1) is 11.7 Å². The molecule has 0 fully saturated rings. The van der Waals surface area contributed by atoms with E-state index in [-0.39, 0.29) is 12.1 Å². The minimum Gasteiger partial charge on any atom is -0.332 e. The summed E-state index contributed by atoms with van der Waals surface area (Å²) in [5, 5.41) is 2.73. The monoisotopic (exact) mass is 399 g/mol. The summed E-state index contributed by atoms with van der Waals surface area (Å²) in [6.07, 6.45) is -2.15. The second-order valence-electron chi connectivity index (χ2n) is 7.02. The van der Waals surface area contributed by atoms with Crippen LogP contribution in [-0.4, -0.2) is 40.1 Å². The van der Waals surface area contributed by atoms with Crippen LogP contribution in [0.2, 0.25) is 0 Å². The van der Waals surface area contributed by atoms with E-state index in [0.29, 0.717) is 12.1 Å². The molecule has 1 atom stereocenters. The molecular weight excluding hydrogens is 376 g/mol. The van der Waals surface area contributed by atoms with Gasteiger partial charge in [-0.05, 0) is 37.5 Å². The Bertz CT molecular complexity index is 1010. The molecule has 0 spiro atoms. The van der Waals surface area contributed by atoms with Crippen LogP contribution < -0.4 is 5.56 Å². The molecule has 7 heteroatoms. The van der Waals surface area contributed by atoms with E-state index in [1.165, 1.54) is 11.7 Å². The normalized spacial score (nSPS) is 12.2. The number of aromatic amines is 1. The SMILES string of the molecule is Cc1ccc(-n2[nH]c(C(=O)N(C)C(CCc3ccccc3)C(F)F)cc2=O)cc1. The number of benzene rings is 2. The van der Waals surface area contributed by atoms with Gasteiger partial charge in [0.1, 0.15) is 5.69 Å². The molecule has 0 saturated carbocycles. The van der Waals surface area contributed by atoms with Crippen LogP contribution >= 0.6 is 0 Å². The van der Waals surface area contributed by atoms with E-state index in [2.05, 4.69) is 5.10 Å². The van der Waals surface area contributed by atoms with E-state index in [1.807, 2.05) is 49.4 Å². The molecule has 0 radical (unpaired) electrons. The fraction of sp³-hybridized carbons (Fsp3) is 0.273. The summed E-state index contributed by atoms with van der Waals surface area (Å²) >= 11 is 0. The Morgan fingerprint density at radius 1 is 1.10 bits per heavy atom. The van der Waals surface area contributed by atoms with Crippen molar-refractivity contribution in [2.45, 2.75) is 32.2 Å². The molecule has 0 aliphatic carbocycles. The number of aryl methyl sites for hydroxylation is 2. The van der Waals surface area contributed by atoms with Crippen LogP contribution in [0, 0.1) is 6.92 Å². The summed E-state index contributed by atoms with van der Waals surface area (Å²) in [6.45, 7) is 1.92. The molecule has 152 valence electrons. The van der Waals surface area contributed by atoms with Crippen molar-refractivity contribution in [1.29, 1.82) is 0 Å². The van der Waals surface area contributed by atoms with Crippen molar-refractivity contribution in [3.63, 3.8) is 0 Å². The Labute approximate surface area is 167 Å². The molecule has 0 saturated heterocycles. The number of amides is 1. The zero-order chi connectivity index (χ0) is 21.0. The molecule has 1 aromatic heterocycles. The van der Waals surface area contributed by atoms with Gasteiger partial charge in [-0.3, -0.25) is 14.7 Å². The number of rotatable bonds is 7. The summed E-state index contributed by atoms with van der Waals surface area (Å²) in [5.74, 6) is -0.647. The Morgan fingerprint density at radius 2 is 1.76 bits per heavy atom. The number of hydrogen-bond donors (Lipinski definition) is 1. The van der Waals surface area contributed by atoms with E-state index in [9.17, 15) is 18.4 Å². The number of nitrogens with zero attached hydrogens (tertiary/aromatic N) is 2. The highest BCUT2D eigenvalue weighted by molar-refractivity contribution is 5.92. The zero-order valence-corrected chi connectivity index (χ0v) is 16.3. The van der Waals surface area contributed by atoms with Crippen molar-refractivity contribution in [3.05, 3.63) is 87.8 Å². The summed E-state index contributed by atoms with van der Waals surface area (Å²) in [6, 6.07) is 16.3. The number of hydrogen-bond acceptors (Lipinski definition) is 2. The quantitative estimate of drug-likeness (QED) is 0.657. The predicted molar refractivity (Wildman–Crippen MR) is 108 cm³/mol. The third-order valence-electron chi connectivity index (χ3n) is 4.92. The van der Waals surface area contributed by atoms with Crippen LogP contribution in [0.1, 0.15) is 28.0 Å². The van der Waals surface area contributed by atoms with Crippen molar-refractivity contribution >= 4 is 5.91 Å². The van der Waals surface area contributed by atoms with Crippen molar-refractivity contribution < 1.29 is 13.6 Å². The molecule has 29 heavy (non-hydrogen) atoms. The van der Waals surface area contributed by atoms with Gasteiger partial charge in [-0.1, -0.05) is 48.0 Å². The molecule has 3 rings (SSSR count). The minimum atomic E-state index is -2.70. The molecule has 1 N–H and O–H groups in total. The Kier molecular flexibility index (Phi) is 6.26. The first-order valence-electron chi connectivity index (χ1n) is 9.35. The van der Waals surface area contributed by atoms with Gasteiger partial charge < -0.3 is 4.90 Å². The number of aromatic nitrogens is 2. The molecule has 1 unspecified atom stereocenters. The first-order chi connectivity index (χ1) is 13.9. The summed E-state index contributed by atoms with van der Waals surface area (Å²) in [4.78, 5) is 26.1. The first-order valence-corrected chi connectivity index (χ1v) is 9.35. The van der Waals surface area contributed by atoms with E-state index in [4.69, 9.17) is 0 Å². The molecule has 1 heterocycles. The van der Waals surface area contributed by atoms with Gasteiger partial charge in [0.25, 0.3) is 17.9 Å². The molecule has 0 aliphatic rings. The molecule has 2 aromatic carbocycles. The lowest BCUT2D eigenvalue weighted by atomic mass is 10.0. The average Bonchev–Trinajstić information content (AvgIpc) is 3.10. The van der Waals surface area contributed by atoms with E-state index >= 15 is 0 Å². The van der Waals surface area contributed by atoms with Crippen molar-refractivity contribution in [1.82, 2.24) is 14.7 Å². The number of carbonyl (C=O) groups excluding carboxylic acids is 1. The van der Waals surface area contributed by atoms with Crippen LogP contribution in [0.5, 0.6) is 0 Å². The highest BCUT2D eigenvalue weighted by Gasteiger charge is 2.29. The highest BCUT2D eigenvalue weighted by atomic mass is 19.3. The van der Waals surface area contributed by atoms with Crippen molar-refractivity contribution in [3.8, 4) is 5.69 Å². The highest BCUT2D eigenvalue weighted by Crippen LogP contribution is 2.18. The Morgan fingerprint density at radius 3 is 2.38 bits per heavy atom. The third-order valence-corrected chi connectivity index (χ3v) is 4.92. The van der Waals surface area contributed by atoms with Crippen LogP contribution in [-0.2, 0) is 6.42 Å². The van der Waals surface area contributed by atoms with Crippen LogP contribution in [0.25, 0.3) is 5.69 Å². The number of carbonyl (C=O) groups is 1. The van der Waals surface area contributed by atoms with Gasteiger partial charge in [0.15, 0.2) is 0 Å². The van der Waals surface area contributed by atoms with Crippen LogP contribution in [0.3, 0.4) is 0 Å². The Hall–Kier alpha value is -3.22. The van der Waals surface area contributed by atoms with Gasteiger partial charge in [-0.2, -0.15) is 0 Å². The maximum Gasteiger partial charge on any atom is 0.272 e. The fourth-order valence-electron chi connectivity index (χ4n) is 3.18. The molecule has 5 nitrogen and oxygen atoms in total. The van der Waals surface area contributed by atoms with Crippen molar-refractivity contribution in [2.75, 3.05) is 7.05 Å². The summed E-state index contributed by atoms with van der Waals surface area (Å²) < 4.78 is 28.5. The fourth-order valence-corrected chi connectivity index (χ4v) is 3.18. The molecule has 1 amide bonds. The second kappa shape index (κ2) is 8.86.